The molecule has 0 aliphatic carbocycles. The number of nitrogens with zero attached hydrogens (tertiary/aromatic N) is 1. The van der Waals surface area contributed by atoms with Crippen molar-refractivity contribution in [1.29, 1.82) is 0 Å². The van der Waals surface area contributed by atoms with Crippen molar-refractivity contribution in [2.24, 2.45) is 0 Å². The van der Waals surface area contributed by atoms with Gasteiger partial charge in [0.2, 0.25) is 0 Å². The molecule has 1 unspecified atom stereocenters. The van der Waals surface area contributed by atoms with Gasteiger partial charge in [-0.1, -0.05) is 48.9 Å². The Morgan fingerprint density at radius 2 is 2.00 bits per heavy atom. The minimum absolute atomic E-state index is 0.177. The van der Waals surface area contributed by atoms with Gasteiger partial charge in [-0.05, 0) is 30.0 Å². The second-order valence-electron chi connectivity index (χ2n) is 4.70. The molecule has 0 aliphatic heterocycles. The Bertz CT molecular complexity index is 572. The van der Waals surface area contributed by atoms with Gasteiger partial charge in [-0.2, -0.15) is 0 Å². The lowest BCUT2D eigenvalue weighted by Crippen LogP contribution is -2.25. The molecular weight excluding hydrogens is 272 g/mol. The van der Waals surface area contributed by atoms with Crippen LogP contribution in [0.3, 0.4) is 0 Å². The number of rotatable bonds is 5. The maximum Gasteiger partial charge on any atom is 0.254 e. The normalized spacial score (nSPS) is 11.9. The summed E-state index contributed by atoms with van der Waals surface area (Å²) in [5, 5.41) is 3.11. The van der Waals surface area contributed by atoms with Gasteiger partial charge in [0.25, 0.3) is 5.91 Å². The number of aromatic nitrogens is 1. The molecule has 0 radical (unpaired) electrons. The van der Waals surface area contributed by atoms with Crippen LogP contribution in [0, 0.1) is 0 Å². The van der Waals surface area contributed by atoms with E-state index in [2.05, 4.69) is 29.4 Å². The molecule has 1 amide bonds. The monoisotopic (exact) mass is 288 g/mol. The summed E-state index contributed by atoms with van der Waals surface area (Å²) in [5.74, 6) is 0.226. The van der Waals surface area contributed by atoms with Gasteiger partial charge in [0.05, 0.1) is 5.56 Å². The number of benzene rings is 1. The summed E-state index contributed by atoms with van der Waals surface area (Å²) in [5.41, 5.74) is 1.70. The highest BCUT2D eigenvalue weighted by Crippen LogP contribution is 2.17. The number of amides is 1. The zero-order chi connectivity index (χ0) is 14.4. The first-order chi connectivity index (χ1) is 9.68. The van der Waals surface area contributed by atoms with E-state index in [1.807, 2.05) is 18.2 Å². The number of carbonyl (C=O) groups excluding carboxylic acids is 1. The van der Waals surface area contributed by atoms with Gasteiger partial charge in [0.15, 0.2) is 0 Å². The van der Waals surface area contributed by atoms with Gasteiger partial charge in [-0.15, -0.1) is 0 Å². The van der Waals surface area contributed by atoms with Crippen LogP contribution in [0.25, 0.3) is 0 Å². The Hall–Kier alpha value is -1.87. The van der Waals surface area contributed by atoms with Gasteiger partial charge in [0.1, 0.15) is 5.15 Å². The molecule has 2 rings (SSSR count). The third-order valence-corrected chi connectivity index (χ3v) is 3.54. The molecule has 1 heterocycles. The summed E-state index contributed by atoms with van der Waals surface area (Å²) in [7, 11) is 0. The Balaban J connectivity index is 1.84. The van der Waals surface area contributed by atoms with Crippen LogP contribution in [0.5, 0.6) is 0 Å². The molecule has 0 fully saturated rings. The molecule has 1 aromatic carbocycles. The van der Waals surface area contributed by atoms with Crippen LogP contribution in [-0.2, 0) is 0 Å². The quantitative estimate of drug-likeness (QED) is 0.853. The minimum atomic E-state index is -0.177. The Morgan fingerprint density at radius 3 is 2.70 bits per heavy atom. The molecule has 0 spiro atoms. The first-order valence-corrected chi connectivity index (χ1v) is 7.00. The molecular formula is C16H17ClN2O. The van der Waals surface area contributed by atoms with Crippen LogP contribution in [-0.4, -0.2) is 17.4 Å². The van der Waals surface area contributed by atoms with Crippen LogP contribution < -0.4 is 5.32 Å². The zero-order valence-electron chi connectivity index (χ0n) is 11.3. The number of carbonyl (C=O) groups is 1. The summed E-state index contributed by atoms with van der Waals surface area (Å²) in [4.78, 5) is 15.8. The molecule has 1 N–H and O–H groups in total. The molecule has 104 valence electrons. The SMILES string of the molecule is CC(CCNC(=O)c1cccnc1Cl)c1ccccc1. The molecule has 0 saturated carbocycles. The van der Waals surface area contributed by atoms with Crippen molar-refractivity contribution in [3.8, 4) is 0 Å². The first kappa shape index (κ1) is 14.5. The second-order valence-corrected chi connectivity index (χ2v) is 5.06. The van der Waals surface area contributed by atoms with E-state index in [9.17, 15) is 4.79 Å². The van der Waals surface area contributed by atoms with E-state index in [1.54, 1.807) is 18.3 Å². The Kier molecular flexibility index (Phi) is 5.13. The number of halogens is 1. The van der Waals surface area contributed by atoms with Gasteiger partial charge in [-0.3, -0.25) is 4.79 Å². The zero-order valence-corrected chi connectivity index (χ0v) is 12.1. The maximum atomic E-state index is 11.9. The molecule has 2 aromatic rings. The maximum absolute atomic E-state index is 11.9. The van der Waals surface area contributed by atoms with E-state index in [-0.39, 0.29) is 11.1 Å². The average Bonchev–Trinajstić information content (AvgIpc) is 2.48. The van der Waals surface area contributed by atoms with Gasteiger partial charge in [0, 0.05) is 12.7 Å². The van der Waals surface area contributed by atoms with E-state index in [0.29, 0.717) is 18.0 Å². The molecule has 4 heteroatoms. The molecule has 0 saturated heterocycles. The predicted octanol–water partition coefficient (Wildman–Crippen LogP) is 3.66. The second kappa shape index (κ2) is 7.06. The fraction of sp³-hybridized carbons (Fsp3) is 0.250. The lowest BCUT2D eigenvalue weighted by molar-refractivity contribution is 0.0952. The molecule has 1 atom stereocenters. The van der Waals surface area contributed by atoms with Crippen molar-refractivity contribution >= 4 is 17.5 Å². The van der Waals surface area contributed by atoms with E-state index in [4.69, 9.17) is 11.6 Å². The van der Waals surface area contributed by atoms with E-state index >= 15 is 0 Å². The van der Waals surface area contributed by atoms with E-state index < -0.39 is 0 Å². The van der Waals surface area contributed by atoms with Crippen LogP contribution in [0.2, 0.25) is 5.15 Å². The summed E-state index contributed by atoms with van der Waals surface area (Å²) in [6.07, 6.45) is 2.45. The van der Waals surface area contributed by atoms with Gasteiger partial charge >= 0.3 is 0 Å². The van der Waals surface area contributed by atoms with Crippen molar-refractivity contribution in [3.63, 3.8) is 0 Å². The van der Waals surface area contributed by atoms with Crippen molar-refractivity contribution < 1.29 is 4.79 Å². The summed E-state index contributed by atoms with van der Waals surface area (Å²) < 4.78 is 0. The van der Waals surface area contributed by atoms with Crippen molar-refractivity contribution in [2.45, 2.75) is 19.3 Å². The lowest BCUT2D eigenvalue weighted by Gasteiger charge is -2.12. The summed E-state index contributed by atoms with van der Waals surface area (Å²) >= 11 is 5.88. The highest BCUT2D eigenvalue weighted by atomic mass is 35.5. The van der Waals surface area contributed by atoms with Crippen molar-refractivity contribution in [3.05, 3.63) is 64.9 Å². The van der Waals surface area contributed by atoms with Gasteiger partial charge < -0.3 is 5.32 Å². The third-order valence-electron chi connectivity index (χ3n) is 3.24. The first-order valence-electron chi connectivity index (χ1n) is 6.62. The molecule has 0 aliphatic rings. The van der Waals surface area contributed by atoms with Crippen LogP contribution in [0.15, 0.2) is 48.7 Å². The van der Waals surface area contributed by atoms with Crippen LogP contribution >= 0.6 is 11.6 Å². The number of nitrogens with one attached hydrogen (secondary N) is 1. The summed E-state index contributed by atoms with van der Waals surface area (Å²) in [6, 6.07) is 13.6. The fourth-order valence-corrected chi connectivity index (χ4v) is 2.21. The molecule has 20 heavy (non-hydrogen) atoms. The smallest absolute Gasteiger partial charge is 0.254 e. The lowest BCUT2D eigenvalue weighted by atomic mass is 9.98. The average molecular weight is 289 g/mol. The standard InChI is InChI=1S/C16H17ClN2O/c1-12(13-6-3-2-4-7-13)9-11-19-16(20)14-8-5-10-18-15(14)17/h2-8,10,12H,9,11H2,1H3,(H,19,20). The minimum Gasteiger partial charge on any atom is -0.352 e. The molecule has 0 bridgehead atoms. The topological polar surface area (TPSA) is 42.0 Å². The number of pyridine rings is 1. The van der Waals surface area contributed by atoms with Crippen molar-refractivity contribution in [1.82, 2.24) is 10.3 Å². The van der Waals surface area contributed by atoms with Crippen LogP contribution in [0.4, 0.5) is 0 Å². The van der Waals surface area contributed by atoms with Gasteiger partial charge in [-0.25, -0.2) is 4.98 Å². The Labute approximate surface area is 124 Å². The highest BCUT2D eigenvalue weighted by molar-refractivity contribution is 6.32. The number of hydrogen-bond donors (Lipinski definition) is 1. The summed E-state index contributed by atoms with van der Waals surface area (Å²) in [6.45, 7) is 2.76. The van der Waals surface area contributed by atoms with E-state index in [0.717, 1.165) is 6.42 Å². The van der Waals surface area contributed by atoms with Crippen LogP contribution in [0.1, 0.15) is 35.2 Å². The largest absolute Gasteiger partial charge is 0.352 e. The Morgan fingerprint density at radius 1 is 1.25 bits per heavy atom. The van der Waals surface area contributed by atoms with Crippen molar-refractivity contribution in [2.75, 3.05) is 6.54 Å². The third kappa shape index (κ3) is 3.81. The predicted molar refractivity (Wildman–Crippen MR) is 81.1 cm³/mol. The highest BCUT2D eigenvalue weighted by Gasteiger charge is 2.11. The van der Waals surface area contributed by atoms with E-state index in [1.165, 1.54) is 5.56 Å². The molecule has 1 aromatic heterocycles. The fourth-order valence-electron chi connectivity index (χ4n) is 2.00. The molecule has 3 nitrogen and oxygen atoms in total. The number of hydrogen-bond acceptors (Lipinski definition) is 2.